The number of fused-ring (bicyclic) bond motifs is 1. The summed E-state index contributed by atoms with van der Waals surface area (Å²) in [7, 11) is 0. The van der Waals surface area contributed by atoms with Crippen molar-refractivity contribution in [3.8, 4) is 0 Å². The second kappa shape index (κ2) is 3.42. The number of halogens is 1. The molecule has 2 aromatic rings. The molecule has 2 rings (SSSR count). The van der Waals surface area contributed by atoms with Crippen LogP contribution in [0.15, 0.2) is 30.5 Å². The van der Waals surface area contributed by atoms with Gasteiger partial charge in [0.1, 0.15) is 5.82 Å². The zero-order valence-electron chi connectivity index (χ0n) is 7.94. The van der Waals surface area contributed by atoms with Crippen LogP contribution in [0.4, 0.5) is 4.39 Å². The van der Waals surface area contributed by atoms with Gasteiger partial charge in [-0.25, -0.2) is 4.39 Å². The van der Waals surface area contributed by atoms with Crippen molar-refractivity contribution >= 4 is 10.9 Å². The van der Waals surface area contributed by atoms with Gasteiger partial charge in [-0.2, -0.15) is 0 Å². The summed E-state index contributed by atoms with van der Waals surface area (Å²) in [6.45, 7) is 2.27. The minimum Gasteiger partial charge on any atom is -0.392 e. The summed E-state index contributed by atoms with van der Waals surface area (Å²) in [6.07, 6.45) is 1.47. The number of hydrogen-bond donors (Lipinski definition) is 1. The molecular weight excluding hydrogens is 181 g/mol. The van der Waals surface area contributed by atoms with E-state index in [1.807, 2.05) is 16.8 Å². The molecule has 1 heterocycles. The Hall–Kier alpha value is -1.35. The summed E-state index contributed by atoms with van der Waals surface area (Å²) < 4.78 is 14.8. The lowest BCUT2D eigenvalue weighted by Crippen LogP contribution is -2.10. The van der Waals surface area contributed by atoms with Gasteiger partial charge in [0, 0.05) is 23.6 Å². The predicted octanol–water partition coefficient (Wildman–Crippen LogP) is 2.16. The molecule has 2 nitrogen and oxygen atoms in total. The van der Waals surface area contributed by atoms with E-state index in [9.17, 15) is 9.50 Å². The first-order valence-corrected chi connectivity index (χ1v) is 4.59. The van der Waals surface area contributed by atoms with Crippen LogP contribution >= 0.6 is 0 Å². The molecule has 0 aliphatic rings. The molecule has 0 radical (unpaired) electrons. The molecule has 1 N–H and O–H groups in total. The molecule has 1 aromatic carbocycles. The van der Waals surface area contributed by atoms with Gasteiger partial charge in [-0.05, 0) is 31.2 Å². The first-order chi connectivity index (χ1) is 6.66. The van der Waals surface area contributed by atoms with Crippen molar-refractivity contribution < 1.29 is 9.50 Å². The van der Waals surface area contributed by atoms with E-state index in [1.54, 1.807) is 13.0 Å². The molecule has 0 saturated heterocycles. The van der Waals surface area contributed by atoms with Crippen molar-refractivity contribution in [3.63, 3.8) is 0 Å². The predicted molar refractivity (Wildman–Crippen MR) is 53.6 cm³/mol. The first kappa shape index (κ1) is 9.21. The van der Waals surface area contributed by atoms with Crippen molar-refractivity contribution in [1.82, 2.24) is 4.57 Å². The van der Waals surface area contributed by atoms with E-state index in [0.717, 1.165) is 10.9 Å². The Bertz CT molecular complexity index is 447. The molecule has 0 saturated carbocycles. The molecule has 1 aromatic heterocycles. The van der Waals surface area contributed by atoms with Gasteiger partial charge >= 0.3 is 0 Å². The van der Waals surface area contributed by atoms with Crippen LogP contribution in [0, 0.1) is 5.82 Å². The van der Waals surface area contributed by atoms with E-state index in [4.69, 9.17) is 0 Å². The molecule has 74 valence electrons. The maximum Gasteiger partial charge on any atom is 0.123 e. The fraction of sp³-hybridized carbons (Fsp3) is 0.273. The van der Waals surface area contributed by atoms with Crippen molar-refractivity contribution in [2.75, 3.05) is 0 Å². The van der Waals surface area contributed by atoms with Crippen LogP contribution in [-0.2, 0) is 6.54 Å². The third-order valence-electron chi connectivity index (χ3n) is 2.19. The number of rotatable bonds is 2. The van der Waals surface area contributed by atoms with Crippen molar-refractivity contribution in [2.24, 2.45) is 0 Å². The second-order valence-corrected chi connectivity index (χ2v) is 3.52. The SMILES string of the molecule is CC(O)Cn1ccc2cc(F)ccc21. The normalized spacial score (nSPS) is 13.4. The Kier molecular flexibility index (Phi) is 2.25. The third kappa shape index (κ3) is 1.63. The van der Waals surface area contributed by atoms with Crippen LogP contribution in [0.5, 0.6) is 0 Å². The van der Waals surface area contributed by atoms with Gasteiger partial charge in [-0.15, -0.1) is 0 Å². The summed E-state index contributed by atoms with van der Waals surface area (Å²) in [5.74, 6) is -0.229. The highest BCUT2D eigenvalue weighted by molar-refractivity contribution is 5.80. The van der Waals surface area contributed by atoms with E-state index in [-0.39, 0.29) is 5.82 Å². The highest BCUT2D eigenvalue weighted by atomic mass is 19.1. The summed E-state index contributed by atoms with van der Waals surface area (Å²) in [5.41, 5.74) is 0.951. The lowest BCUT2D eigenvalue weighted by atomic mass is 10.2. The monoisotopic (exact) mass is 193 g/mol. The Balaban J connectivity index is 2.47. The molecular formula is C11H12FNO. The van der Waals surface area contributed by atoms with Crippen LogP contribution in [-0.4, -0.2) is 15.8 Å². The van der Waals surface area contributed by atoms with Gasteiger partial charge in [0.25, 0.3) is 0 Å². The van der Waals surface area contributed by atoms with Crippen molar-refractivity contribution in [1.29, 1.82) is 0 Å². The smallest absolute Gasteiger partial charge is 0.123 e. The van der Waals surface area contributed by atoms with Crippen molar-refractivity contribution in [2.45, 2.75) is 19.6 Å². The second-order valence-electron chi connectivity index (χ2n) is 3.52. The van der Waals surface area contributed by atoms with Gasteiger partial charge in [0.15, 0.2) is 0 Å². The van der Waals surface area contributed by atoms with Crippen LogP contribution in [0.2, 0.25) is 0 Å². The molecule has 0 spiro atoms. The highest BCUT2D eigenvalue weighted by Gasteiger charge is 2.03. The minimum atomic E-state index is -0.393. The number of aliphatic hydroxyl groups is 1. The largest absolute Gasteiger partial charge is 0.392 e. The average molecular weight is 193 g/mol. The molecule has 0 fully saturated rings. The lowest BCUT2D eigenvalue weighted by Gasteiger charge is -2.07. The summed E-state index contributed by atoms with van der Waals surface area (Å²) in [6, 6.07) is 6.50. The molecule has 0 aliphatic carbocycles. The Morgan fingerprint density at radius 2 is 2.21 bits per heavy atom. The zero-order valence-corrected chi connectivity index (χ0v) is 7.94. The van der Waals surface area contributed by atoms with Gasteiger partial charge in [0.2, 0.25) is 0 Å². The van der Waals surface area contributed by atoms with Crippen LogP contribution < -0.4 is 0 Å². The van der Waals surface area contributed by atoms with Gasteiger partial charge < -0.3 is 9.67 Å². The Morgan fingerprint density at radius 1 is 1.43 bits per heavy atom. The highest BCUT2D eigenvalue weighted by Crippen LogP contribution is 2.17. The number of benzene rings is 1. The van der Waals surface area contributed by atoms with E-state index in [1.165, 1.54) is 12.1 Å². The quantitative estimate of drug-likeness (QED) is 0.776. The Morgan fingerprint density at radius 3 is 2.93 bits per heavy atom. The number of aliphatic hydroxyl groups excluding tert-OH is 1. The van der Waals surface area contributed by atoms with Crippen LogP contribution in [0.25, 0.3) is 10.9 Å². The molecule has 1 unspecified atom stereocenters. The minimum absolute atomic E-state index is 0.229. The molecule has 3 heteroatoms. The topological polar surface area (TPSA) is 25.2 Å². The summed E-state index contributed by atoms with van der Waals surface area (Å²) >= 11 is 0. The van der Waals surface area contributed by atoms with Crippen molar-refractivity contribution in [3.05, 3.63) is 36.3 Å². The molecule has 0 amide bonds. The molecule has 0 aliphatic heterocycles. The van der Waals surface area contributed by atoms with E-state index in [2.05, 4.69) is 0 Å². The van der Waals surface area contributed by atoms with E-state index in [0.29, 0.717) is 6.54 Å². The Labute approximate surface area is 81.6 Å². The first-order valence-electron chi connectivity index (χ1n) is 4.59. The third-order valence-corrected chi connectivity index (χ3v) is 2.19. The van der Waals surface area contributed by atoms with E-state index >= 15 is 0 Å². The fourth-order valence-corrected chi connectivity index (χ4v) is 1.61. The zero-order chi connectivity index (χ0) is 10.1. The van der Waals surface area contributed by atoms with Gasteiger partial charge in [0.05, 0.1) is 6.10 Å². The van der Waals surface area contributed by atoms with Crippen LogP contribution in [0.3, 0.4) is 0 Å². The van der Waals surface area contributed by atoms with Crippen LogP contribution in [0.1, 0.15) is 6.92 Å². The average Bonchev–Trinajstić information content (AvgIpc) is 2.47. The maximum atomic E-state index is 12.8. The summed E-state index contributed by atoms with van der Waals surface area (Å²) in [5, 5.41) is 10.1. The maximum absolute atomic E-state index is 12.8. The standard InChI is InChI=1S/C11H12FNO/c1-8(14)7-13-5-4-9-6-10(12)2-3-11(9)13/h2-6,8,14H,7H2,1H3. The number of hydrogen-bond acceptors (Lipinski definition) is 1. The van der Waals surface area contributed by atoms with Gasteiger partial charge in [-0.3, -0.25) is 0 Å². The number of aromatic nitrogens is 1. The summed E-state index contributed by atoms with van der Waals surface area (Å²) in [4.78, 5) is 0. The fourth-order valence-electron chi connectivity index (χ4n) is 1.61. The van der Waals surface area contributed by atoms with E-state index < -0.39 is 6.10 Å². The molecule has 14 heavy (non-hydrogen) atoms. The molecule has 0 bridgehead atoms. The molecule has 1 atom stereocenters. The lowest BCUT2D eigenvalue weighted by molar-refractivity contribution is 0.175. The number of nitrogens with zero attached hydrogens (tertiary/aromatic N) is 1. The van der Waals surface area contributed by atoms with Gasteiger partial charge in [-0.1, -0.05) is 0 Å².